The first-order valence-electron chi connectivity index (χ1n) is 8.11. The van der Waals surface area contributed by atoms with Crippen LogP contribution in [0.2, 0.25) is 0 Å². The summed E-state index contributed by atoms with van der Waals surface area (Å²) >= 11 is 0. The maximum Gasteiger partial charge on any atom is 0.417 e. The number of nitrogens with zero attached hydrogens (tertiary/aromatic N) is 4. The molecule has 0 spiro atoms. The SMILES string of the molecule is O=C(c1ccc[n+]([O-])c1)N1CCCN(c2ccc(C(F)(F)F)cn2)CC1. The molecule has 0 aromatic carbocycles. The lowest BCUT2D eigenvalue weighted by Crippen LogP contribution is -2.37. The number of carbonyl (C=O) groups is 1. The van der Waals surface area contributed by atoms with E-state index in [-0.39, 0.29) is 5.91 Å². The molecule has 0 bridgehead atoms. The molecule has 3 heterocycles. The number of hydrogen-bond donors (Lipinski definition) is 0. The minimum absolute atomic E-state index is 0.238. The number of halogens is 3. The Morgan fingerprint density at radius 1 is 1.15 bits per heavy atom. The lowest BCUT2D eigenvalue weighted by molar-refractivity contribution is -0.605. The van der Waals surface area contributed by atoms with Crippen LogP contribution >= 0.6 is 0 Å². The number of alkyl halides is 3. The molecule has 2 aromatic heterocycles. The van der Waals surface area contributed by atoms with Gasteiger partial charge in [0.25, 0.3) is 5.91 Å². The van der Waals surface area contributed by atoms with Crippen molar-refractivity contribution >= 4 is 11.7 Å². The van der Waals surface area contributed by atoms with Crippen LogP contribution in [0.5, 0.6) is 0 Å². The first-order valence-corrected chi connectivity index (χ1v) is 8.11. The van der Waals surface area contributed by atoms with Crippen molar-refractivity contribution < 1.29 is 22.7 Å². The van der Waals surface area contributed by atoms with Crippen LogP contribution < -0.4 is 9.63 Å². The van der Waals surface area contributed by atoms with Crippen LogP contribution in [-0.2, 0) is 6.18 Å². The zero-order chi connectivity index (χ0) is 18.7. The van der Waals surface area contributed by atoms with Crippen LogP contribution in [0, 0.1) is 5.21 Å². The first-order chi connectivity index (χ1) is 12.3. The quantitative estimate of drug-likeness (QED) is 0.603. The van der Waals surface area contributed by atoms with Crippen molar-refractivity contribution in [3.8, 4) is 0 Å². The second-order valence-electron chi connectivity index (χ2n) is 5.99. The molecular formula is C17H17F3N4O2. The predicted octanol–water partition coefficient (Wildman–Crippen LogP) is 2.09. The maximum absolute atomic E-state index is 12.6. The van der Waals surface area contributed by atoms with Crippen LogP contribution in [0.4, 0.5) is 19.0 Å². The minimum Gasteiger partial charge on any atom is -0.619 e. The van der Waals surface area contributed by atoms with Gasteiger partial charge in [0.05, 0.1) is 5.56 Å². The van der Waals surface area contributed by atoms with Gasteiger partial charge in [-0.3, -0.25) is 4.79 Å². The van der Waals surface area contributed by atoms with Gasteiger partial charge in [-0.25, -0.2) is 4.98 Å². The van der Waals surface area contributed by atoms with Crippen LogP contribution in [0.1, 0.15) is 22.3 Å². The van der Waals surface area contributed by atoms with Crippen LogP contribution in [0.3, 0.4) is 0 Å². The van der Waals surface area contributed by atoms with Crippen LogP contribution in [-0.4, -0.2) is 42.0 Å². The topological polar surface area (TPSA) is 63.4 Å². The van der Waals surface area contributed by atoms with Crippen molar-refractivity contribution in [2.75, 3.05) is 31.1 Å². The fourth-order valence-electron chi connectivity index (χ4n) is 2.85. The third-order valence-electron chi connectivity index (χ3n) is 4.20. The first kappa shape index (κ1) is 18.0. The van der Waals surface area contributed by atoms with Gasteiger partial charge < -0.3 is 15.0 Å². The Morgan fingerprint density at radius 2 is 1.96 bits per heavy atom. The van der Waals surface area contributed by atoms with Gasteiger partial charge in [0.2, 0.25) is 0 Å². The van der Waals surface area contributed by atoms with Crippen LogP contribution in [0.25, 0.3) is 0 Å². The zero-order valence-corrected chi connectivity index (χ0v) is 13.8. The Morgan fingerprint density at radius 3 is 2.62 bits per heavy atom. The molecular weight excluding hydrogens is 349 g/mol. The second kappa shape index (κ2) is 7.19. The normalized spacial score (nSPS) is 15.7. The Kier molecular flexibility index (Phi) is 4.97. The summed E-state index contributed by atoms with van der Waals surface area (Å²) < 4.78 is 38.5. The molecule has 6 nitrogen and oxygen atoms in total. The highest BCUT2D eigenvalue weighted by molar-refractivity contribution is 5.93. The third kappa shape index (κ3) is 4.04. The van der Waals surface area contributed by atoms with E-state index >= 15 is 0 Å². The fraction of sp³-hybridized carbons (Fsp3) is 0.353. The lowest BCUT2D eigenvalue weighted by atomic mass is 10.2. The fourth-order valence-corrected chi connectivity index (χ4v) is 2.85. The van der Waals surface area contributed by atoms with E-state index < -0.39 is 11.7 Å². The number of hydrogen-bond acceptors (Lipinski definition) is 4. The van der Waals surface area contributed by atoms with Crippen molar-refractivity contribution in [3.63, 3.8) is 0 Å². The minimum atomic E-state index is -4.42. The van der Waals surface area contributed by atoms with Crippen molar-refractivity contribution in [1.29, 1.82) is 0 Å². The number of rotatable bonds is 2. The van der Waals surface area contributed by atoms with Gasteiger partial charge in [-0.2, -0.15) is 17.9 Å². The average Bonchev–Trinajstić information content (AvgIpc) is 2.86. The van der Waals surface area contributed by atoms with Crippen LogP contribution in [0.15, 0.2) is 42.9 Å². The molecule has 26 heavy (non-hydrogen) atoms. The molecule has 1 aliphatic rings. The van der Waals surface area contributed by atoms with E-state index in [1.807, 2.05) is 4.90 Å². The molecule has 138 valence electrons. The largest absolute Gasteiger partial charge is 0.619 e. The Hall–Kier alpha value is -2.84. The van der Waals surface area contributed by atoms with Gasteiger partial charge in [-0.05, 0) is 24.6 Å². The van der Waals surface area contributed by atoms with Gasteiger partial charge in [-0.15, -0.1) is 0 Å². The highest BCUT2D eigenvalue weighted by Crippen LogP contribution is 2.29. The van der Waals surface area contributed by atoms with Crippen molar-refractivity contribution in [3.05, 3.63) is 59.2 Å². The molecule has 0 atom stereocenters. The summed E-state index contributed by atoms with van der Waals surface area (Å²) in [6.45, 7) is 1.94. The van der Waals surface area contributed by atoms with Gasteiger partial charge in [0.15, 0.2) is 12.4 Å². The molecule has 9 heteroatoms. The lowest BCUT2D eigenvalue weighted by Gasteiger charge is -2.23. The number of amides is 1. The molecule has 0 saturated carbocycles. The summed E-state index contributed by atoms with van der Waals surface area (Å²) in [7, 11) is 0. The molecule has 0 N–H and O–H groups in total. The molecule has 0 unspecified atom stereocenters. The summed E-state index contributed by atoms with van der Waals surface area (Å²) in [4.78, 5) is 19.9. The Balaban J connectivity index is 1.67. The zero-order valence-electron chi connectivity index (χ0n) is 13.8. The van der Waals surface area contributed by atoms with E-state index in [0.29, 0.717) is 48.7 Å². The van der Waals surface area contributed by atoms with E-state index in [4.69, 9.17) is 0 Å². The summed E-state index contributed by atoms with van der Waals surface area (Å²) in [5.41, 5.74) is -0.480. The van der Waals surface area contributed by atoms with E-state index in [1.165, 1.54) is 24.5 Å². The summed E-state index contributed by atoms with van der Waals surface area (Å²) in [5.74, 6) is 0.210. The van der Waals surface area contributed by atoms with E-state index in [9.17, 15) is 23.2 Å². The maximum atomic E-state index is 12.6. The summed E-state index contributed by atoms with van der Waals surface area (Å²) in [6.07, 6.45) is -0.417. The van der Waals surface area contributed by atoms with E-state index in [1.54, 1.807) is 11.0 Å². The molecule has 3 rings (SSSR count). The third-order valence-corrected chi connectivity index (χ3v) is 4.20. The smallest absolute Gasteiger partial charge is 0.417 e. The van der Waals surface area contributed by atoms with Crippen molar-refractivity contribution in [2.24, 2.45) is 0 Å². The molecule has 1 saturated heterocycles. The van der Waals surface area contributed by atoms with Crippen molar-refractivity contribution in [2.45, 2.75) is 12.6 Å². The number of carbonyl (C=O) groups excluding carboxylic acids is 1. The molecule has 1 fully saturated rings. The van der Waals surface area contributed by atoms with Gasteiger partial charge in [-0.1, -0.05) is 0 Å². The monoisotopic (exact) mass is 366 g/mol. The highest BCUT2D eigenvalue weighted by Gasteiger charge is 2.31. The Labute approximate surface area is 148 Å². The van der Waals surface area contributed by atoms with Crippen molar-refractivity contribution in [1.82, 2.24) is 9.88 Å². The van der Waals surface area contributed by atoms with E-state index in [0.717, 1.165) is 12.3 Å². The Bertz CT molecular complexity index is 780. The molecule has 0 aliphatic carbocycles. The second-order valence-corrected chi connectivity index (χ2v) is 5.99. The van der Waals surface area contributed by atoms with Gasteiger partial charge in [0.1, 0.15) is 11.4 Å². The molecule has 0 radical (unpaired) electrons. The summed E-state index contributed by atoms with van der Waals surface area (Å²) in [5, 5.41) is 11.3. The molecule has 1 amide bonds. The number of pyridine rings is 2. The van der Waals surface area contributed by atoms with Gasteiger partial charge >= 0.3 is 6.18 Å². The molecule has 2 aromatic rings. The van der Waals surface area contributed by atoms with Gasteiger partial charge in [0, 0.05) is 38.4 Å². The predicted molar refractivity (Wildman–Crippen MR) is 87.4 cm³/mol. The highest BCUT2D eigenvalue weighted by atomic mass is 19.4. The number of anilines is 1. The van der Waals surface area contributed by atoms with E-state index in [2.05, 4.69) is 4.98 Å². The summed E-state index contributed by atoms with van der Waals surface area (Å²) in [6, 6.07) is 5.44. The average molecular weight is 366 g/mol. The number of aromatic nitrogens is 2. The molecule has 1 aliphatic heterocycles. The standard InChI is InChI=1S/C17H17F3N4O2/c18-17(19,20)14-4-5-15(21-11-14)22-6-2-7-23(10-9-22)16(25)13-3-1-8-24(26)12-13/h1,3-5,8,11-12H,2,6-7,9-10H2.